The summed E-state index contributed by atoms with van der Waals surface area (Å²) in [6, 6.07) is 11.2. The first-order chi connectivity index (χ1) is 12.2. The molecule has 2 aromatic heterocycles. The van der Waals surface area contributed by atoms with E-state index in [1.54, 1.807) is 17.2 Å². The van der Waals surface area contributed by atoms with E-state index in [1.165, 1.54) is 0 Å². The highest BCUT2D eigenvalue weighted by Gasteiger charge is 2.32. The lowest BCUT2D eigenvalue weighted by molar-refractivity contribution is 0.0578. The molecule has 1 saturated heterocycles. The van der Waals surface area contributed by atoms with Crippen LogP contribution in [-0.2, 0) is 7.05 Å². The Kier molecular flexibility index (Phi) is 5.39. The second-order valence-electron chi connectivity index (χ2n) is 6.06. The Hall–Kier alpha value is -2.64. The number of amides is 1. The number of nitrogens with one attached hydrogen (secondary N) is 1. The van der Waals surface area contributed by atoms with Crippen LogP contribution in [0.1, 0.15) is 22.4 Å². The Labute approximate surface area is 157 Å². The third-order valence-corrected chi connectivity index (χ3v) is 4.45. The van der Waals surface area contributed by atoms with Crippen LogP contribution in [0.3, 0.4) is 0 Å². The van der Waals surface area contributed by atoms with Crippen LogP contribution in [-0.4, -0.2) is 45.1 Å². The van der Waals surface area contributed by atoms with Gasteiger partial charge in [0.05, 0.1) is 0 Å². The number of rotatable bonds is 3. The molecule has 3 aromatic rings. The predicted molar refractivity (Wildman–Crippen MR) is 99.0 cm³/mol. The van der Waals surface area contributed by atoms with Crippen molar-refractivity contribution >= 4 is 18.3 Å². The molecule has 7 nitrogen and oxygen atoms in total. The number of nitrogens with zero attached hydrogens (tertiary/aromatic N) is 4. The Morgan fingerprint density at radius 2 is 2.12 bits per heavy atom. The maximum atomic E-state index is 13.0. The number of carbonyl (C=O) groups is 1. The first kappa shape index (κ1) is 18.2. The molecule has 4 rings (SSSR count). The molecular weight excluding hydrogens is 354 g/mol. The molecular formula is C18H20ClN5O2. The van der Waals surface area contributed by atoms with E-state index in [0.29, 0.717) is 18.8 Å². The van der Waals surface area contributed by atoms with E-state index in [9.17, 15) is 4.79 Å². The van der Waals surface area contributed by atoms with Crippen LogP contribution in [0.25, 0.3) is 11.3 Å². The number of piperazine rings is 1. The van der Waals surface area contributed by atoms with Gasteiger partial charge in [-0.2, -0.15) is 0 Å². The Morgan fingerprint density at radius 1 is 1.31 bits per heavy atom. The van der Waals surface area contributed by atoms with Gasteiger partial charge in [-0.15, -0.1) is 12.4 Å². The third kappa shape index (κ3) is 3.36. The summed E-state index contributed by atoms with van der Waals surface area (Å²) in [5.74, 6) is 0.937. The minimum Gasteiger partial charge on any atom is -0.350 e. The zero-order valence-electron chi connectivity index (χ0n) is 14.3. The monoisotopic (exact) mass is 373 g/mol. The Bertz CT molecular complexity index is 877. The molecule has 8 heteroatoms. The number of aryl methyl sites for hydroxylation is 1. The maximum absolute atomic E-state index is 13.0. The average molecular weight is 374 g/mol. The van der Waals surface area contributed by atoms with Crippen LogP contribution in [0.5, 0.6) is 0 Å². The normalized spacial score (nSPS) is 17.0. The summed E-state index contributed by atoms with van der Waals surface area (Å²) in [4.78, 5) is 19.2. The van der Waals surface area contributed by atoms with Crippen LogP contribution in [0.4, 0.5) is 0 Å². The first-order valence-corrected chi connectivity index (χ1v) is 8.25. The molecule has 26 heavy (non-hydrogen) atoms. The van der Waals surface area contributed by atoms with Gasteiger partial charge in [-0.05, 0) is 0 Å². The fraction of sp³-hybridized carbons (Fsp3) is 0.278. The SMILES string of the molecule is Cl.Cn1ccnc1C1CNCCN1C(=O)c1cc(-c2ccccc2)no1. The van der Waals surface area contributed by atoms with Crippen LogP contribution in [0.15, 0.2) is 53.3 Å². The molecule has 0 aliphatic carbocycles. The van der Waals surface area contributed by atoms with E-state index in [0.717, 1.165) is 17.9 Å². The topological polar surface area (TPSA) is 76.2 Å². The van der Waals surface area contributed by atoms with E-state index < -0.39 is 0 Å². The second kappa shape index (κ2) is 7.72. The molecule has 1 amide bonds. The van der Waals surface area contributed by atoms with E-state index >= 15 is 0 Å². The fourth-order valence-corrected chi connectivity index (χ4v) is 3.14. The first-order valence-electron chi connectivity index (χ1n) is 8.25. The van der Waals surface area contributed by atoms with Crippen molar-refractivity contribution in [2.45, 2.75) is 6.04 Å². The van der Waals surface area contributed by atoms with Crippen molar-refractivity contribution in [1.82, 2.24) is 24.9 Å². The van der Waals surface area contributed by atoms with E-state index in [4.69, 9.17) is 4.52 Å². The molecule has 0 saturated carbocycles. The minimum atomic E-state index is -0.163. The molecule has 1 aliphatic rings. The second-order valence-corrected chi connectivity index (χ2v) is 6.06. The van der Waals surface area contributed by atoms with Crippen molar-refractivity contribution in [3.8, 4) is 11.3 Å². The smallest absolute Gasteiger partial charge is 0.293 e. The highest BCUT2D eigenvalue weighted by Crippen LogP contribution is 2.25. The number of carbonyl (C=O) groups excluding carboxylic acids is 1. The molecule has 1 atom stereocenters. The molecule has 1 aliphatic heterocycles. The van der Waals surface area contributed by atoms with Crippen LogP contribution < -0.4 is 5.32 Å². The standard InChI is InChI=1S/C18H19N5O2.ClH/c1-22-9-8-20-17(22)15-12-19-7-10-23(15)18(24)16-11-14(21-25-16)13-5-3-2-4-6-13;/h2-6,8-9,11,15,19H,7,10,12H2,1H3;1H. The molecule has 0 spiro atoms. The predicted octanol–water partition coefficient (Wildman–Crippen LogP) is 2.28. The molecule has 0 bridgehead atoms. The lowest BCUT2D eigenvalue weighted by Gasteiger charge is -2.35. The number of imidazole rings is 1. The highest BCUT2D eigenvalue weighted by atomic mass is 35.5. The average Bonchev–Trinajstić information content (AvgIpc) is 3.31. The molecule has 136 valence electrons. The van der Waals surface area contributed by atoms with Gasteiger partial charge in [-0.25, -0.2) is 4.98 Å². The summed E-state index contributed by atoms with van der Waals surface area (Å²) in [6.07, 6.45) is 3.63. The van der Waals surface area contributed by atoms with Gasteiger partial charge in [0.15, 0.2) is 0 Å². The van der Waals surface area contributed by atoms with E-state index in [2.05, 4.69) is 15.5 Å². The Morgan fingerprint density at radius 3 is 2.85 bits per heavy atom. The third-order valence-electron chi connectivity index (χ3n) is 4.45. The summed E-state index contributed by atoms with van der Waals surface area (Å²) in [5.41, 5.74) is 1.58. The van der Waals surface area contributed by atoms with Gasteiger partial charge in [0.2, 0.25) is 5.76 Å². The van der Waals surface area contributed by atoms with Gasteiger partial charge in [0.1, 0.15) is 17.6 Å². The van der Waals surface area contributed by atoms with Gasteiger partial charge >= 0.3 is 0 Å². The molecule has 3 heterocycles. The molecule has 1 unspecified atom stereocenters. The van der Waals surface area contributed by atoms with Gasteiger partial charge in [0, 0.05) is 50.7 Å². The van der Waals surface area contributed by atoms with Crippen molar-refractivity contribution in [2.75, 3.05) is 19.6 Å². The van der Waals surface area contributed by atoms with Crippen LogP contribution in [0, 0.1) is 0 Å². The van der Waals surface area contributed by atoms with Gasteiger partial charge in [0.25, 0.3) is 5.91 Å². The van der Waals surface area contributed by atoms with Gasteiger partial charge in [-0.1, -0.05) is 35.5 Å². The van der Waals surface area contributed by atoms with Crippen molar-refractivity contribution in [3.63, 3.8) is 0 Å². The Balaban J connectivity index is 0.00000196. The minimum absolute atomic E-state index is 0. The fourth-order valence-electron chi connectivity index (χ4n) is 3.14. The number of benzene rings is 1. The summed E-state index contributed by atoms with van der Waals surface area (Å²) < 4.78 is 7.28. The number of hydrogen-bond donors (Lipinski definition) is 1. The summed E-state index contributed by atoms with van der Waals surface area (Å²) in [5, 5.41) is 7.37. The largest absolute Gasteiger partial charge is 0.350 e. The van der Waals surface area contributed by atoms with Crippen molar-refractivity contribution < 1.29 is 9.32 Å². The molecule has 0 radical (unpaired) electrons. The zero-order valence-corrected chi connectivity index (χ0v) is 15.1. The van der Waals surface area contributed by atoms with Gasteiger partial charge < -0.3 is 19.3 Å². The number of halogens is 1. The van der Waals surface area contributed by atoms with Gasteiger partial charge in [-0.3, -0.25) is 4.79 Å². The zero-order chi connectivity index (χ0) is 17.2. The summed E-state index contributed by atoms with van der Waals surface area (Å²) in [6.45, 7) is 2.00. The maximum Gasteiger partial charge on any atom is 0.293 e. The molecule has 1 fully saturated rings. The molecule has 1 aromatic carbocycles. The quantitative estimate of drug-likeness (QED) is 0.762. The van der Waals surface area contributed by atoms with Crippen LogP contribution in [0.2, 0.25) is 0 Å². The molecule has 1 N–H and O–H groups in total. The number of hydrogen-bond acceptors (Lipinski definition) is 5. The van der Waals surface area contributed by atoms with E-state index in [1.807, 2.05) is 48.1 Å². The van der Waals surface area contributed by atoms with Crippen molar-refractivity contribution in [3.05, 3.63) is 60.4 Å². The lowest BCUT2D eigenvalue weighted by atomic mass is 10.1. The van der Waals surface area contributed by atoms with Crippen molar-refractivity contribution in [1.29, 1.82) is 0 Å². The number of aromatic nitrogens is 3. The summed E-state index contributed by atoms with van der Waals surface area (Å²) >= 11 is 0. The van der Waals surface area contributed by atoms with Crippen LogP contribution >= 0.6 is 12.4 Å². The van der Waals surface area contributed by atoms with E-state index in [-0.39, 0.29) is 30.1 Å². The lowest BCUT2D eigenvalue weighted by Crippen LogP contribution is -2.49. The van der Waals surface area contributed by atoms with Crippen molar-refractivity contribution in [2.24, 2.45) is 7.05 Å². The highest BCUT2D eigenvalue weighted by molar-refractivity contribution is 5.92. The summed E-state index contributed by atoms with van der Waals surface area (Å²) in [7, 11) is 1.93.